The van der Waals surface area contributed by atoms with Gasteiger partial charge < -0.3 is 19.7 Å². The molecule has 2 N–H and O–H groups in total. The highest BCUT2D eigenvalue weighted by molar-refractivity contribution is 5.94. The molecule has 6 nitrogen and oxygen atoms in total. The maximum Gasteiger partial charge on any atom is 0.339 e. The average Bonchev–Trinajstić information content (AvgIpc) is 3.17. The third kappa shape index (κ3) is 3.56. The van der Waals surface area contributed by atoms with Crippen LogP contribution in [-0.2, 0) is 5.41 Å². The molecular formula is C31H26O6. The molecule has 5 rings (SSSR count). The second kappa shape index (κ2) is 8.82. The number of carboxylic acid groups (broad SMARTS) is 2. The molecule has 0 fully saturated rings. The van der Waals surface area contributed by atoms with E-state index in [1.165, 1.54) is 14.2 Å². The Morgan fingerprint density at radius 3 is 1.38 bits per heavy atom. The topological polar surface area (TPSA) is 93.1 Å². The summed E-state index contributed by atoms with van der Waals surface area (Å²) in [5.74, 6) is -1.72. The molecule has 0 heterocycles. The van der Waals surface area contributed by atoms with E-state index in [9.17, 15) is 19.8 Å². The molecular weight excluding hydrogens is 468 g/mol. The summed E-state index contributed by atoms with van der Waals surface area (Å²) in [6, 6.07) is 22.7. The predicted molar refractivity (Wildman–Crippen MR) is 140 cm³/mol. The first-order chi connectivity index (χ1) is 17.7. The van der Waals surface area contributed by atoms with Crippen molar-refractivity contribution >= 4 is 11.9 Å². The largest absolute Gasteiger partial charge is 0.496 e. The van der Waals surface area contributed by atoms with Crippen molar-refractivity contribution in [3.8, 4) is 22.6 Å². The van der Waals surface area contributed by atoms with Crippen LogP contribution in [-0.4, -0.2) is 36.4 Å². The van der Waals surface area contributed by atoms with Gasteiger partial charge in [0.05, 0.1) is 19.6 Å². The van der Waals surface area contributed by atoms with Crippen molar-refractivity contribution in [2.75, 3.05) is 14.2 Å². The van der Waals surface area contributed by atoms with Crippen LogP contribution in [0.1, 0.15) is 54.1 Å². The summed E-state index contributed by atoms with van der Waals surface area (Å²) in [5.41, 5.74) is 6.48. The molecule has 0 unspecified atom stereocenters. The van der Waals surface area contributed by atoms with Crippen LogP contribution in [0.4, 0.5) is 0 Å². The van der Waals surface area contributed by atoms with Gasteiger partial charge in [-0.25, -0.2) is 9.59 Å². The number of methoxy groups -OCH3 is 2. The van der Waals surface area contributed by atoms with Crippen LogP contribution in [0.15, 0.2) is 72.8 Å². The minimum absolute atomic E-state index is 0.0293. The highest BCUT2D eigenvalue weighted by atomic mass is 16.5. The second-order valence-electron chi connectivity index (χ2n) is 9.29. The molecule has 0 saturated carbocycles. The molecule has 1 aliphatic rings. The van der Waals surface area contributed by atoms with Gasteiger partial charge in [-0.3, -0.25) is 0 Å². The molecule has 37 heavy (non-hydrogen) atoms. The minimum Gasteiger partial charge on any atom is -0.496 e. The standard InChI is InChI=1S/C31H26O6/c1-17-5-9-21-22-10-6-18(2)14-26(22)31(25(21)13-17,19-7-11-27(36-3)23(15-19)29(32)33)20-8-12-28(37-4)24(16-20)30(34)35/h5-16H,1-4H3,(H,32,33)(H,34,35). The number of aryl methyl sites for hydroxylation is 2. The fraction of sp³-hybridized carbons (Fsp3) is 0.161. The lowest BCUT2D eigenvalue weighted by Crippen LogP contribution is -2.29. The zero-order valence-corrected chi connectivity index (χ0v) is 21.0. The van der Waals surface area contributed by atoms with Gasteiger partial charge in [0.2, 0.25) is 0 Å². The Morgan fingerprint density at radius 1 is 0.622 bits per heavy atom. The quantitative estimate of drug-likeness (QED) is 0.297. The molecule has 0 radical (unpaired) electrons. The Labute approximate surface area is 214 Å². The van der Waals surface area contributed by atoms with Gasteiger partial charge in [-0.05, 0) is 71.5 Å². The molecule has 0 aliphatic heterocycles. The summed E-state index contributed by atoms with van der Waals surface area (Å²) >= 11 is 0. The molecule has 0 bridgehead atoms. The van der Waals surface area contributed by atoms with E-state index in [2.05, 4.69) is 24.3 Å². The van der Waals surface area contributed by atoms with Gasteiger partial charge in [-0.15, -0.1) is 0 Å². The van der Waals surface area contributed by atoms with Crippen LogP contribution in [0.2, 0.25) is 0 Å². The number of hydrogen-bond donors (Lipinski definition) is 2. The highest BCUT2D eigenvalue weighted by Crippen LogP contribution is 2.57. The smallest absolute Gasteiger partial charge is 0.339 e. The summed E-state index contributed by atoms with van der Waals surface area (Å²) in [5, 5.41) is 20.0. The minimum atomic E-state index is -1.11. The molecule has 186 valence electrons. The zero-order chi connectivity index (χ0) is 26.5. The van der Waals surface area contributed by atoms with Gasteiger partial charge >= 0.3 is 11.9 Å². The van der Waals surface area contributed by atoms with E-state index >= 15 is 0 Å². The Balaban J connectivity index is 1.99. The van der Waals surface area contributed by atoms with Gasteiger partial charge in [-0.1, -0.05) is 59.7 Å². The fourth-order valence-corrected chi connectivity index (χ4v) is 5.56. The van der Waals surface area contributed by atoms with E-state index in [0.717, 1.165) is 33.4 Å². The molecule has 4 aromatic carbocycles. The third-order valence-corrected chi connectivity index (χ3v) is 7.17. The van der Waals surface area contributed by atoms with Crippen molar-refractivity contribution in [2.45, 2.75) is 19.3 Å². The number of fused-ring (bicyclic) bond motifs is 3. The normalized spacial score (nSPS) is 13.0. The molecule has 0 amide bonds. The monoisotopic (exact) mass is 494 g/mol. The average molecular weight is 495 g/mol. The van der Waals surface area contributed by atoms with Gasteiger partial charge in [0, 0.05) is 0 Å². The van der Waals surface area contributed by atoms with E-state index in [0.29, 0.717) is 11.1 Å². The van der Waals surface area contributed by atoms with Crippen molar-refractivity contribution in [1.82, 2.24) is 0 Å². The van der Waals surface area contributed by atoms with Gasteiger partial charge in [-0.2, -0.15) is 0 Å². The summed E-state index contributed by atoms with van der Waals surface area (Å²) in [6.07, 6.45) is 0. The summed E-state index contributed by atoms with van der Waals surface area (Å²) in [6.45, 7) is 4.01. The number of benzene rings is 4. The number of carboxylic acids is 2. The maximum absolute atomic E-state index is 12.2. The van der Waals surface area contributed by atoms with Gasteiger partial charge in [0.15, 0.2) is 0 Å². The Bertz CT molecular complexity index is 1460. The number of hydrogen-bond acceptors (Lipinski definition) is 4. The van der Waals surface area contributed by atoms with Crippen LogP contribution < -0.4 is 9.47 Å². The molecule has 0 spiro atoms. The number of aromatic carboxylic acids is 2. The van der Waals surface area contributed by atoms with Crippen LogP contribution in [0.5, 0.6) is 11.5 Å². The second-order valence-corrected chi connectivity index (χ2v) is 9.29. The van der Waals surface area contributed by atoms with Gasteiger partial charge in [0.1, 0.15) is 22.6 Å². The Morgan fingerprint density at radius 2 is 1.03 bits per heavy atom. The highest BCUT2D eigenvalue weighted by Gasteiger charge is 2.47. The lowest BCUT2D eigenvalue weighted by Gasteiger charge is -2.35. The molecule has 4 aromatic rings. The van der Waals surface area contributed by atoms with E-state index in [1.54, 1.807) is 24.3 Å². The molecule has 1 aliphatic carbocycles. The SMILES string of the molecule is COc1ccc(C2(c3ccc(OC)c(C(=O)O)c3)c3cc(C)ccc3-c3ccc(C)cc32)cc1C(=O)O. The van der Waals surface area contributed by atoms with Crippen LogP contribution in [0, 0.1) is 13.8 Å². The summed E-state index contributed by atoms with van der Waals surface area (Å²) in [7, 11) is 2.87. The third-order valence-electron chi connectivity index (χ3n) is 7.17. The van der Waals surface area contributed by atoms with Crippen molar-refractivity contribution in [1.29, 1.82) is 0 Å². The van der Waals surface area contributed by atoms with Crippen molar-refractivity contribution in [3.63, 3.8) is 0 Å². The number of carbonyl (C=O) groups is 2. The van der Waals surface area contributed by atoms with E-state index < -0.39 is 17.4 Å². The lowest BCUT2D eigenvalue weighted by atomic mass is 9.66. The first kappa shape index (κ1) is 24.1. The molecule has 0 saturated heterocycles. The van der Waals surface area contributed by atoms with Crippen LogP contribution >= 0.6 is 0 Å². The van der Waals surface area contributed by atoms with E-state index in [4.69, 9.17) is 9.47 Å². The first-order valence-electron chi connectivity index (χ1n) is 11.8. The van der Waals surface area contributed by atoms with Crippen LogP contribution in [0.3, 0.4) is 0 Å². The van der Waals surface area contributed by atoms with Gasteiger partial charge in [0.25, 0.3) is 0 Å². The zero-order valence-electron chi connectivity index (χ0n) is 21.0. The summed E-state index contributed by atoms with van der Waals surface area (Å²) in [4.78, 5) is 24.5. The number of ether oxygens (including phenoxy) is 2. The lowest BCUT2D eigenvalue weighted by molar-refractivity contribution is 0.0682. The van der Waals surface area contributed by atoms with Crippen LogP contribution in [0.25, 0.3) is 11.1 Å². The molecule has 0 aromatic heterocycles. The Kier molecular flexibility index (Phi) is 5.75. The Hall–Kier alpha value is -4.58. The predicted octanol–water partition coefficient (Wildman–Crippen LogP) is 6.08. The van der Waals surface area contributed by atoms with E-state index in [-0.39, 0.29) is 22.6 Å². The van der Waals surface area contributed by atoms with Crippen molar-refractivity contribution in [3.05, 3.63) is 117 Å². The summed E-state index contributed by atoms with van der Waals surface area (Å²) < 4.78 is 10.7. The van der Waals surface area contributed by atoms with Crippen molar-refractivity contribution in [2.24, 2.45) is 0 Å². The van der Waals surface area contributed by atoms with Crippen molar-refractivity contribution < 1.29 is 29.3 Å². The first-order valence-corrected chi connectivity index (χ1v) is 11.8. The maximum atomic E-state index is 12.2. The molecule has 0 atom stereocenters. The fourth-order valence-electron chi connectivity index (χ4n) is 5.56. The van der Waals surface area contributed by atoms with E-state index in [1.807, 2.05) is 38.1 Å². The molecule has 6 heteroatoms. The number of rotatable bonds is 6.